The summed E-state index contributed by atoms with van der Waals surface area (Å²) in [6, 6.07) is 7.91. The van der Waals surface area contributed by atoms with Gasteiger partial charge >= 0.3 is 6.18 Å². The Bertz CT molecular complexity index is 837. The van der Waals surface area contributed by atoms with Crippen LogP contribution in [-0.4, -0.2) is 60.9 Å². The normalized spacial score (nSPS) is 18.6. The Morgan fingerprint density at radius 3 is 2.38 bits per heavy atom. The van der Waals surface area contributed by atoms with Crippen molar-refractivity contribution in [2.75, 3.05) is 50.8 Å². The second-order valence-corrected chi connectivity index (χ2v) is 7.11. The summed E-state index contributed by atoms with van der Waals surface area (Å²) in [6.07, 6.45) is -4.18. The average Bonchev–Trinajstić information content (AvgIpc) is 2.73. The molecule has 1 fully saturated rings. The second kappa shape index (κ2) is 8.08. The van der Waals surface area contributed by atoms with Crippen LogP contribution in [0.15, 0.2) is 36.5 Å². The van der Waals surface area contributed by atoms with Gasteiger partial charge in [0.25, 0.3) is 0 Å². The Balaban J connectivity index is 1.32. The molecule has 0 saturated carbocycles. The van der Waals surface area contributed by atoms with E-state index in [4.69, 9.17) is 9.47 Å². The average molecular weight is 409 g/mol. The lowest BCUT2D eigenvalue weighted by molar-refractivity contribution is -0.137. The van der Waals surface area contributed by atoms with Crippen LogP contribution in [-0.2, 0) is 6.18 Å². The van der Waals surface area contributed by atoms with Gasteiger partial charge in [0.05, 0.1) is 11.7 Å². The Morgan fingerprint density at radius 1 is 1.00 bits per heavy atom. The molecule has 0 spiro atoms. The number of nitrogens with zero attached hydrogens (tertiary/aromatic N) is 3. The molecular weight excluding hydrogens is 387 g/mol. The van der Waals surface area contributed by atoms with Crippen molar-refractivity contribution in [3.8, 4) is 11.5 Å². The number of rotatable bonds is 4. The molecule has 0 amide bonds. The number of hydrogen-bond donors (Lipinski definition) is 1. The molecule has 2 aliphatic rings. The monoisotopic (exact) mass is 409 g/mol. The Labute approximate surface area is 166 Å². The van der Waals surface area contributed by atoms with Crippen molar-refractivity contribution in [2.45, 2.75) is 12.3 Å². The molecule has 1 aromatic carbocycles. The number of piperazine rings is 1. The quantitative estimate of drug-likeness (QED) is 0.838. The first-order valence-electron chi connectivity index (χ1n) is 9.48. The predicted octanol–water partition coefficient (Wildman–Crippen LogP) is 2.73. The minimum Gasteiger partial charge on any atom is -0.486 e. The number of fused-ring (bicyclic) bond motifs is 1. The SMILES string of the molecule is O[C@H](CN1CCN(c2ccc(C(F)(F)F)cn2)CC1)c1ccc2c(c1)OCCO2. The van der Waals surface area contributed by atoms with Gasteiger partial charge in [-0.15, -0.1) is 0 Å². The third-order valence-electron chi connectivity index (χ3n) is 5.15. The molecule has 0 aliphatic carbocycles. The third-order valence-corrected chi connectivity index (χ3v) is 5.15. The highest BCUT2D eigenvalue weighted by atomic mass is 19.4. The van der Waals surface area contributed by atoms with Gasteiger partial charge in [0.1, 0.15) is 19.0 Å². The van der Waals surface area contributed by atoms with E-state index in [1.54, 1.807) is 6.07 Å². The van der Waals surface area contributed by atoms with Crippen molar-refractivity contribution in [1.29, 1.82) is 0 Å². The zero-order valence-corrected chi connectivity index (χ0v) is 15.7. The molecular formula is C20H22F3N3O3. The zero-order valence-electron chi connectivity index (χ0n) is 15.7. The molecule has 0 radical (unpaired) electrons. The van der Waals surface area contributed by atoms with Gasteiger partial charge in [0.2, 0.25) is 0 Å². The molecule has 1 atom stereocenters. The van der Waals surface area contributed by atoms with Crippen molar-refractivity contribution in [3.05, 3.63) is 47.7 Å². The molecule has 1 saturated heterocycles. The summed E-state index contributed by atoms with van der Waals surface area (Å²) in [7, 11) is 0. The molecule has 3 heterocycles. The lowest BCUT2D eigenvalue weighted by atomic mass is 10.1. The van der Waals surface area contributed by atoms with Crippen LogP contribution < -0.4 is 14.4 Å². The summed E-state index contributed by atoms with van der Waals surface area (Å²) >= 11 is 0. The van der Waals surface area contributed by atoms with E-state index in [0.717, 1.165) is 17.8 Å². The molecule has 6 nitrogen and oxygen atoms in total. The summed E-state index contributed by atoms with van der Waals surface area (Å²) in [5.74, 6) is 1.86. The van der Waals surface area contributed by atoms with Crippen LogP contribution in [0.4, 0.5) is 19.0 Å². The van der Waals surface area contributed by atoms with Crippen LogP contribution in [0.2, 0.25) is 0 Å². The van der Waals surface area contributed by atoms with Gasteiger partial charge in [-0.1, -0.05) is 6.07 Å². The number of benzene rings is 1. The van der Waals surface area contributed by atoms with Crippen molar-refractivity contribution in [1.82, 2.24) is 9.88 Å². The molecule has 29 heavy (non-hydrogen) atoms. The maximum absolute atomic E-state index is 12.7. The molecule has 156 valence electrons. The summed E-state index contributed by atoms with van der Waals surface area (Å²) in [4.78, 5) is 8.03. The number of pyridine rings is 1. The number of aliphatic hydroxyl groups excluding tert-OH is 1. The number of halogens is 3. The first kappa shape index (κ1) is 19.8. The molecule has 0 bridgehead atoms. The number of hydrogen-bond acceptors (Lipinski definition) is 6. The van der Waals surface area contributed by atoms with Crippen molar-refractivity contribution >= 4 is 5.82 Å². The van der Waals surface area contributed by atoms with Crippen molar-refractivity contribution in [3.63, 3.8) is 0 Å². The Morgan fingerprint density at radius 2 is 1.72 bits per heavy atom. The summed E-state index contributed by atoms with van der Waals surface area (Å²) in [5.41, 5.74) is 0.0172. The molecule has 4 rings (SSSR count). The topological polar surface area (TPSA) is 58.1 Å². The fourth-order valence-electron chi connectivity index (χ4n) is 3.52. The van der Waals surface area contributed by atoms with Gasteiger partial charge in [-0.25, -0.2) is 4.98 Å². The van der Waals surface area contributed by atoms with Crippen LogP contribution in [0, 0.1) is 0 Å². The van der Waals surface area contributed by atoms with Gasteiger partial charge in [0, 0.05) is 38.9 Å². The number of β-amino-alcohol motifs (C(OH)–C–C–N with tert-alkyl or cyclic N) is 1. The van der Waals surface area contributed by atoms with E-state index in [1.807, 2.05) is 17.0 Å². The van der Waals surface area contributed by atoms with Gasteiger partial charge in [-0.3, -0.25) is 4.90 Å². The van der Waals surface area contributed by atoms with E-state index >= 15 is 0 Å². The van der Waals surface area contributed by atoms with Gasteiger partial charge in [-0.2, -0.15) is 13.2 Å². The lowest BCUT2D eigenvalue weighted by Crippen LogP contribution is -2.47. The van der Waals surface area contributed by atoms with Crippen LogP contribution in [0.25, 0.3) is 0 Å². The maximum atomic E-state index is 12.7. The highest BCUT2D eigenvalue weighted by Crippen LogP contribution is 2.33. The molecule has 9 heteroatoms. The Kier molecular flexibility index (Phi) is 5.51. The molecule has 2 aromatic rings. The second-order valence-electron chi connectivity index (χ2n) is 7.11. The van der Waals surface area contributed by atoms with Crippen molar-refractivity contribution < 1.29 is 27.8 Å². The highest BCUT2D eigenvalue weighted by Gasteiger charge is 2.31. The highest BCUT2D eigenvalue weighted by molar-refractivity contribution is 5.44. The van der Waals surface area contributed by atoms with E-state index in [9.17, 15) is 18.3 Å². The smallest absolute Gasteiger partial charge is 0.417 e. The van der Waals surface area contributed by atoms with Crippen LogP contribution in [0.1, 0.15) is 17.2 Å². The first-order chi connectivity index (χ1) is 13.9. The van der Waals surface area contributed by atoms with E-state index in [0.29, 0.717) is 63.3 Å². The molecule has 0 unspecified atom stereocenters. The zero-order chi connectivity index (χ0) is 20.4. The predicted molar refractivity (Wildman–Crippen MR) is 100 cm³/mol. The number of aromatic nitrogens is 1. The van der Waals surface area contributed by atoms with E-state index < -0.39 is 17.8 Å². The minimum atomic E-state index is -4.38. The fraction of sp³-hybridized carbons (Fsp3) is 0.450. The molecule has 2 aliphatic heterocycles. The molecule has 1 N–H and O–H groups in total. The van der Waals surface area contributed by atoms with E-state index in [1.165, 1.54) is 6.07 Å². The van der Waals surface area contributed by atoms with Crippen molar-refractivity contribution in [2.24, 2.45) is 0 Å². The number of ether oxygens (including phenoxy) is 2. The number of alkyl halides is 3. The van der Waals surface area contributed by atoms with E-state index in [2.05, 4.69) is 9.88 Å². The number of aliphatic hydroxyl groups is 1. The van der Waals surface area contributed by atoms with Crippen LogP contribution >= 0.6 is 0 Å². The standard InChI is InChI=1S/C20H22F3N3O3/c21-20(22,23)15-2-4-19(24-12-15)26-7-5-25(6-8-26)13-16(27)14-1-3-17-18(11-14)29-10-9-28-17/h1-4,11-12,16,27H,5-10,13H2/t16-/m1/s1. The van der Waals surface area contributed by atoms with Gasteiger partial charge in [-0.05, 0) is 29.8 Å². The van der Waals surface area contributed by atoms with Crippen LogP contribution in [0.3, 0.4) is 0 Å². The third kappa shape index (κ3) is 4.56. The summed E-state index contributed by atoms with van der Waals surface area (Å²) < 4.78 is 49.1. The first-order valence-corrected chi connectivity index (χ1v) is 9.48. The fourth-order valence-corrected chi connectivity index (χ4v) is 3.52. The van der Waals surface area contributed by atoms with E-state index in [-0.39, 0.29) is 0 Å². The van der Waals surface area contributed by atoms with Gasteiger partial charge < -0.3 is 19.5 Å². The van der Waals surface area contributed by atoms with Crippen LogP contribution in [0.5, 0.6) is 11.5 Å². The lowest BCUT2D eigenvalue weighted by Gasteiger charge is -2.36. The molecule has 1 aromatic heterocycles. The summed E-state index contributed by atoms with van der Waals surface area (Å²) in [6.45, 7) is 4.11. The maximum Gasteiger partial charge on any atom is 0.417 e. The Hall–Kier alpha value is -2.52. The van der Waals surface area contributed by atoms with Gasteiger partial charge in [0.15, 0.2) is 11.5 Å². The largest absolute Gasteiger partial charge is 0.486 e. The minimum absolute atomic E-state index is 0.466. The number of anilines is 1. The summed E-state index contributed by atoms with van der Waals surface area (Å²) in [5, 5.41) is 10.6.